The number of benzene rings is 1. The second kappa shape index (κ2) is 11.6. The summed E-state index contributed by atoms with van der Waals surface area (Å²) >= 11 is 4.36. The van der Waals surface area contributed by atoms with Crippen molar-refractivity contribution in [2.24, 2.45) is 0 Å². The van der Waals surface area contributed by atoms with Crippen molar-refractivity contribution in [3.05, 3.63) is 54.7 Å². The first-order chi connectivity index (χ1) is 15.3. The second-order valence-corrected chi connectivity index (χ2v) is 8.47. The number of hydrogen-bond donors (Lipinski definition) is 0. The molecule has 1 heterocycles. The highest BCUT2D eigenvalue weighted by atomic mass is 79.9. The third-order valence-electron chi connectivity index (χ3n) is 4.39. The molecule has 0 bridgehead atoms. The standard InChI is InChI=1S/C23H22BrNO6S/c1-5-30-22(27)20-13(3)21(23(28)31-6-2)32-19(20)11-17(26)15(12-25)9-14-10-16(24)7-8-18(14)29-4/h7-10H,5-6,11H2,1-4H3. The molecule has 0 radical (unpaired) electrons. The topological polar surface area (TPSA) is 103 Å². The van der Waals surface area contributed by atoms with Crippen LogP contribution in [0.15, 0.2) is 28.2 Å². The van der Waals surface area contributed by atoms with Gasteiger partial charge in [-0.05, 0) is 50.6 Å². The Kier molecular flexibility index (Phi) is 9.17. The zero-order valence-corrected chi connectivity index (χ0v) is 20.5. The zero-order chi connectivity index (χ0) is 23.8. The lowest BCUT2D eigenvalue weighted by molar-refractivity contribution is -0.114. The minimum absolute atomic E-state index is 0.111. The van der Waals surface area contributed by atoms with Crippen LogP contribution in [0, 0.1) is 18.3 Å². The van der Waals surface area contributed by atoms with Crippen LogP contribution in [-0.2, 0) is 20.7 Å². The highest BCUT2D eigenvalue weighted by Crippen LogP contribution is 2.31. The van der Waals surface area contributed by atoms with Crippen molar-refractivity contribution in [3.63, 3.8) is 0 Å². The maximum Gasteiger partial charge on any atom is 0.348 e. The van der Waals surface area contributed by atoms with Crippen molar-refractivity contribution in [1.82, 2.24) is 0 Å². The molecule has 0 saturated carbocycles. The molecule has 168 valence electrons. The van der Waals surface area contributed by atoms with Gasteiger partial charge in [0.15, 0.2) is 5.78 Å². The predicted octanol–water partition coefficient (Wildman–Crippen LogP) is 4.90. The first kappa shape index (κ1) is 25.3. The Bertz CT molecular complexity index is 1110. The summed E-state index contributed by atoms with van der Waals surface area (Å²) < 4.78 is 16.2. The number of nitriles is 1. The highest BCUT2D eigenvalue weighted by Gasteiger charge is 2.28. The minimum Gasteiger partial charge on any atom is -0.496 e. The van der Waals surface area contributed by atoms with Gasteiger partial charge in [-0.15, -0.1) is 11.3 Å². The monoisotopic (exact) mass is 519 g/mol. The van der Waals surface area contributed by atoms with Crippen LogP contribution >= 0.6 is 27.3 Å². The van der Waals surface area contributed by atoms with Crippen LogP contribution in [0.4, 0.5) is 0 Å². The van der Waals surface area contributed by atoms with Gasteiger partial charge in [-0.3, -0.25) is 4.79 Å². The number of thiophene rings is 1. The molecule has 0 aliphatic carbocycles. The molecule has 1 aromatic carbocycles. The number of Topliss-reactive ketones (excluding diaryl/α,β-unsaturated/α-hetero) is 1. The summed E-state index contributed by atoms with van der Waals surface area (Å²) in [4.78, 5) is 38.4. The van der Waals surface area contributed by atoms with E-state index in [2.05, 4.69) is 15.9 Å². The lowest BCUT2D eigenvalue weighted by Crippen LogP contribution is -2.12. The average molecular weight is 520 g/mol. The molecule has 0 unspecified atom stereocenters. The molecule has 0 aliphatic rings. The summed E-state index contributed by atoms with van der Waals surface area (Å²) in [6, 6.07) is 7.13. The van der Waals surface area contributed by atoms with Gasteiger partial charge in [0.25, 0.3) is 0 Å². The fraction of sp³-hybridized carbons (Fsp3) is 0.304. The van der Waals surface area contributed by atoms with Crippen LogP contribution in [0.25, 0.3) is 6.08 Å². The van der Waals surface area contributed by atoms with Gasteiger partial charge in [-0.1, -0.05) is 15.9 Å². The summed E-state index contributed by atoms with van der Waals surface area (Å²) in [5, 5.41) is 9.60. The molecule has 0 atom stereocenters. The van der Waals surface area contributed by atoms with Gasteiger partial charge in [0.05, 0.1) is 31.5 Å². The van der Waals surface area contributed by atoms with Crippen molar-refractivity contribution in [2.45, 2.75) is 27.2 Å². The molecule has 9 heteroatoms. The molecule has 0 amide bonds. The van der Waals surface area contributed by atoms with Gasteiger partial charge in [0.2, 0.25) is 0 Å². The summed E-state index contributed by atoms with van der Waals surface area (Å²) in [5.74, 6) is -1.21. The lowest BCUT2D eigenvalue weighted by Gasteiger charge is -2.07. The predicted molar refractivity (Wildman–Crippen MR) is 124 cm³/mol. The molecule has 1 aromatic heterocycles. The lowest BCUT2D eigenvalue weighted by atomic mass is 10.0. The van der Waals surface area contributed by atoms with E-state index in [0.717, 1.165) is 15.8 Å². The molecule has 2 rings (SSSR count). The van der Waals surface area contributed by atoms with E-state index in [-0.39, 0.29) is 35.6 Å². The Morgan fingerprint density at radius 2 is 1.81 bits per heavy atom. The van der Waals surface area contributed by atoms with Gasteiger partial charge < -0.3 is 14.2 Å². The van der Waals surface area contributed by atoms with Crippen molar-refractivity contribution in [2.75, 3.05) is 20.3 Å². The normalized spacial score (nSPS) is 10.9. The van der Waals surface area contributed by atoms with Crippen molar-refractivity contribution in [3.8, 4) is 11.8 Å². The van der Waals surface area contributed by atoms with Crippen LogP contribution < -0.4 is 4.74 Å². The maximum absolute atomic E-state index is 13.0. The molecule has 2 aromatic rings. The number of nitrogens with zero attached hydrogens (tertiary/aromatic N) is 1. The van der Waals surface area contributed by atoms with Gasteiger partial charge >= 0.3 is 11.9 Å². The van der Waals surface area contributed by atoms with E-state index >= 15 is 0 Å². The van der Waals surface area contributed by atoms with Gasteiger partial charge in [-0.2, -0.15) is 5.26 Å². The Labute approximate surface area is 198 Å². The third-order valence-corrected chi connectivity index (χ3v) is 6.16. The van der Waals surface area contributed by atoms with E-state index in [9.17, 15) is 19.6 Å². The van der Waals surface area contributed by atoms with E-state index in [1.807, 2.05) is 6.07 Å². The van der Waals surface area contributed by atoms with Crippen molar-refractivity contribution in [1.29, 1.82) is 5.26 Å². The van der Waals surface area contributed by atoms with E-state index in [1.165, 1.54) is 13.2 Å². The molecular formula is C23H22BrNO6S. The van der Waals surface area contributed by atoms with E-state index in [0.29, 0.717) is 21.8 Å². The third kappa shape index (κ3) is 5.84. The molecule has 0 saturated heterocycles. The minimum atomic E-state index is -0.629. The zero-order valence-electron chi connectivity index (χ0n) is 18.1. The molecule has 0 fully saturated rings. The van der Waals surface area contributed by atoms with E-state index in [4.69, 9.17) is 14.2 Å². The Morgan fingerprint density at radius 3 is 2.41 bits per heavy atom. The van der Waals surface area contributed by atoms with Crippen LogP contribution in [0.3, 0.4) is 0 Å². The quantitative estimate of drug-likeness (QED) is 0.263. The number of allylic oxidation sites excluding steroid dienone is 1. The number of hydrogen-bond acceptors (Lipinski definition) is 8. The Morgan fingerprint density at radius 1 is 1.16 bits per heavy atom. The molecular weight excluding hydrogens is 498 g/mol. The number of rotatable bonds is 9. The number of esters is 2. The first-order valence-corrected chi connectivity index (χ1v) is 11.3. The first-order valence-electron chi connectivity index (χ1n) is 9.72. The van der Waals surface area contributed by atoms with Crippen molar-refractivity contribution >= 4 is 51.1 Å². The summed E-state index contributed by atoms with van der Waals surface area (Å²) in [7, 11) is 1.49. The van der Waals surface area contributed by atoms with E-state index < -0.39 is 17.7 Å². The fourth-order valence-corrected chi connectivity index (χ4v) is 4.51. The van der Waals surface area contributed by atoms with Gasteiger partial charge in [0.1, 0.15) is 16.7 Å². The maximum atomic E-state index is 13.0. The van der Waals surface area contributed by atoms with E-state index in [1.54, 1.807) is 39.0 Å². The van der Waals surface area contributed by atoms with Crippen LogP contribution in [0.2, 0.25) is 0 Å². The number of methoxy groups -OCH3 is 1. The largest absolute Gasteiger partial charge is 0.496 e. The second-order valence-electron chi connectivity index (χ2n) is 6.45. The number of carbonyl (C=O) groups is 3. The SMILES string of the molecule is CCOC(=O)c1sc(CC(=O)C(C#N)=Cc2cc(Br)ccc2OC)c(C(=O)OCC)c1C. The summed E-state index contributed by atoms with van der Waals surface area (Å²) in [6.07, 6.45) is 1.19. The number of carbonyl (C=O) groups excluding carboxylic acids is 3. The van der Waals surface area contributed by atoms with Crippen molar-refractivity contribution < 1.29 is 28.6 Å². The summed E-state index contributed by atoms with van der Waals surface area (Å²) in [5.41, 5.74) is 0.989. The number of halogens is 1. The molecule has 7 nitrogen and oxygen atoms in total. The molecule has 0 N–H and O–H groups in total. The van der Waals surface area contributed by atoms with Crippen LogP contribution in [0.1, 0.15) is 49.9 Å². The smallest absolute Gasteiger partial charge is 0.348 e. The highest BCUT2D eigenvalue weighted by molar-refractivity contribution is 9.10. The van der Waals surface area contributed by atoms with Gasteiger partial charge in [-0.25, -0.2) is 9.59 Å². The Hall–Kier alpha value is -2.96. The van der Waals surface area contributed by atoms with Crippen LogP contribution in [0.5, 0.6) is 5.75 Å². The van der Waals surface area contributed by atoms with Gasteiger partial charge in [0, 0.05) is 21.3 Å². The molecule has 32 heavy (non-hydrogen) atoms. The van der Waals surface area contributed by atoms with Crippen LogP contribution in [-0.4, -0.2) is 38.0 Å². The Balaban J connectivity index is 2.48. The molecule has 0 aliphatic heterocycles. The molecule has 0 spiro atoms. The fourth-order valence-electron chi connectivity index (χ4n) is 2.95. The number of ether oxygens (including phenoxy) is 3. The number of ketones is 1. The average Bonchev–Trinajstić information content (AvgIpc) is 3.08. The summed E-state index contributed by atoms with van der Waals surface area (Å²) in [6.45, 7) is 5.27.